The van der Waals surface area contributed by atoms with Gasteiger partial charge in [0.05, 0.1) is 12.2 Å². The molecular formula is C24H40O3S. The number of fused-ring (bicyclic) bond motifs is 2. The van der Waals surface area contributed by atoms with Crippen molar-refractivity contribution in [3.63, 3.8) is 0 Å². The highest BCUT2D eigenvalue weighted by Crippen LogP contribution is 2.47. The SMILES string of the molecule is CCCCC=CCCCSCC[C@H]1[C@@H](C/C=C\CCCC(=O)O)[C@H]2CC[C@@H]1O2. The van der Waals surface area contributed by atoms with Crippen molar-refractivity contribution in [2.75, 3.05) is 11.5 Å². The van der Waals surface area contributed by atoms with Gasteiger partial charge in [0.2, 0.25) is 0 Å². The molecule has 0 saturated carbocycles. The molecule has 4 atom stereocenters. The van der Waals surface area contributed by atoms with Gasteiger partial charge in [-0.15, -0.1) is 0 Å². The van der Waals surface area contributed by atoms with Gasteiger partial charge in [-0.1, -0.05) is 44.1 Å². The number of allylic oxidation sites excluding steroid dienone is 4. The number of carboxylic acid groups (broad SMARTS) is 1. The molecule has 2 fully saturated rings. The van der Waals surface area contributed by atoms with Crippen molar-refractivity contribution in [1.82, 2.24) is 0 Å². The fourth-order valence-corrected chi connectivity index (χ4v) is 5.54. The second kappa shape index (κ2) is 14.3. The minimum atomic E-state index is -0.694. The summed E-state index contributed by atoms with van der Waals surface area (Å²) in [5.41, 5.74) is 0. The molecule has 2 saturated heterocycles. The number of carbonyl (C=O) groups is 1. The molecule has 0 radical (unpaired) electrons. The Labute approximate surface area is 176 Å². The number of unbranched alkanes of at least 4 members (excludes halogenated alkanes) is 4. The van der Waals surface area contributed by atoms with E-state index in [2.05, 4.69) is 43.0 Å². The second-order valence-electron chi connectivity index (χ2n) is 8.27. The van der Waals surface area contributed by atoms with Crippen LogP contribution in [0.2, 0.25) is 0 Å². The Kier molecular flexibility index (Phi) is 12.0. The zero-order valence-electron chi connectivity index (χ0n) is 17.7. The van der Waals surface area contributed by atoms with Crippen molar-refractivity contribution < 1.29 is 14.6 Å². The van der Waals surface area contributed by atoms with Crippen LogP contribution < -0.4 is 0 Å². The third-order valence-electron chi connectivity index (χ3n) is 6.07. The Morgan fingerprint density at radius 3 is 2.39 bits per heavy atom. The van der Waals surface area contributed by atoms with E-state index in [1.54, 1.807) is 0 Å². The first-order chi connectivity index (χ1) is 13.7. The molecule has 0 aromatic heterocycles. The van der Waals surface area contributed by atoms with Crippen molar-refractivity contribution in [3.8, 4) is 0 Å². The number of rotatable bonds is 16. The molecule has 0 unspecified atom stereocenters. The number of hydrogen-bond donors (Lipinski definition) is 1. The summed E-state index contributed by atoms with van der Waals surface area (Å²) in [5, 5.41) is 8.70. The molecule has 2 rings (SSSR count). The first kappa shape index (κ1) is 23.5. The monoisotopic (exact) mass is 408 g/mol. The lowest BCUT2D eigenvalue weighted by molar-refractivity contribution is -0.137. The number of ether oxygens (including phenoxy) is 1. The maximum atomic E-state index is 10.6. The average molecular weight is 409 g/mol. The van der Waals surface area contributed by atoms with Crippen molar-refractivity contribution in [1.29, 1.82) is 0 Å². The highest BCUT2D eigenvalue weighted by molar-refractivity contribution is 7.99. The van der Waals surface area contributed by atoms with E-state index in [-0.39, 0.29) is 6.42 Å². The largest absolute Gasteiger partial charge is 0.481 e. The predicted molar refractivity (Wildman–Crippen MR) is 120 cm³/mol. The van der Waals surface area contributed by atoms with Crippen LogP contribution in [0.3, 0.4) is 0 Å². The smallest absolute Gasteiger partial charge is 0.303 e. The quantitative estimate of drug-likeness (QED) is 0.230. The van der Waals surface area contributed by atoms with Gasteiger partial charge in [-0.05, 0) is 81.1 Å². The van der Waals surface area contributed by atoms with E-state index in [9.17, 15) is 4.79 Å². The van der Waals surface area contributed by atoms with Crippen LogP contribution in [0.5, 0.6) is 0 Å². The number of aliphatic carboxylic acids is 1. The molecule has 0 aliphatic carbocycles. The molecule has 2 aliphatic heterocycles. The zero-order chi connectivity index (χ0) is 20.0. The topological polar surface area (TPSA) is 46.5 Å². The van der Waals surface area contributed by atoms with Crippen LogP contribution in [-0.2, 0) is 9.53 Å². The van der Waals surface area contributed by atoms with Gasteiger partial charge in [-0.2, -0.15) is 11.8 Å². The van der Waals surface area contributed by atoms with Gasteiger partial charge in [0.15, 0.2) is 0 Å². The Bertz CT molecular complexity index is 488. The first-order valence-corrected chi connectivity index (χ1v) is 12.6. The first-order valence-electron chi connectivity index (χ1n) is 11.5. The summed E-state index contributed by atoms with van der Waals surface area (Å²) in [7, 11) is 0. The molecule has 0 aromatic carbocycles. The molecule has 0 spiro atoms. The zero-order valence-corrected chi connectivity index (χ0v) is 18.5. The number of thioether (sulfide) groups is 1. The van der Waals surface area contributed by atoms with Crippen molar-refractivity contribution in [2.24, 2.45) is 11.8 Å². The van der Waals surface area contributed by atoms with Crippen LogP contribution in [0.1, 0.15) is 84.0 Å². The van der Waals surface area contributed by atoms with Gasteiger partial charge >= 0.3 is 5.97 Å². The summed E-state index contributed by atoms with van der Waals surface area (Å²) >= 11 is 2.11. The van der Waals surface area contributed by atoms with E-state index >= 15 is 0 Å². The van der Waals surface area contributed by atoms with Crippen LogP contribution in [-0.4, -0.2) is 34.8 Å². The van der Waals surface area contributed by atoms with Crippen LogP contribution in [0.15, 0.2) is 24.3 Å². The van der Waals surface area contributed by atoms with Gasteiger partial charge in [-0.25, -0.2) is 0 Å². The van der Waals surface area contributed by atoms with E-state index in [1.807, 2.05) is 0 Å². The molecule has 28 heavy (non-hydrogen) atoms. The third-order valence-corrected chi connectivity index (χ3v) is 7.17. The molecule has 0 amide bonds. The van der Waals surface area contributed by atoms with Crippen LogP contribution in [0.25, 0.3) is 0 Å². The van der Waals surface area contributed by atoms with Gasteiger partial charge in [-0.3, -0.25) is 4.79 Å². The maximum absolute atomic E-state index is 10.6. The molecule has 2 bridgehead atoms. The fourth-order valence-electron chi connectivity index (χ4n) is 4.52. The molecular weight excluding hydrogens is 368 g/mol. The molecule has 1 N–H and O–H groups in total. The molecule has 4 heteroatoms. The number of hydrogen-bond acceptors (Lipinski definition) is 3. The van der Waals surface area contributed by atoms with Crippen molar-refractivity contribution >= 4 is 17.7 Å². The molecule has 3 nitrogen and oxygen atoms in total. The van der Waals surface area contributed by atoms with Gasteiger partial charge in [0.25, 0.3) is 0 Å². The lowest BCUT2D eigenvalue weighted by Crippen LogP contribution is -2.27. The molecule has 2 aliphatic rings. The van der Waals surface area contributed by atoms with Crippen LogP contribution >= 0.6 is 11.8 Å². The minimum absolute atomic E-state index is 0.274. The van der Waals surface area contributed by atoms with Gasteiger partial charge in [0, 0.05) is 6.42 Å². The van der Waals surface area contributed by atoms with E-state index in [0.717, 1.165) is 25.2 Å². The van der Waals surface area contributed by atoms with E-state index in [1.165, 1.54) is 62.9 Å². The summed E-state index contributed by atoms with van der Waals surface area (Å²) in [5.74, 6) is 3.24. The summed E-state index contributed by atoms with van der Waals surface area (Å²) in [4.78, 5) is 10.6. The summed E-state index contributed by atoms with van der Waals surface area (Å²) in [6.45, 7) is 2.25. The highest BCUT2D eigenvalue weighted by Gasteiger charge is 2.47. The van der Waals surface area contributed by atoms with Crippen LogP contribution in [0, 0.1) is 11.8 Å². The lowest BCUT2D eigenvalue weighted by atomic mass is 9.76. The Balaban J connectivity index is 1.57. The van der Waals surface area contributed by atoms with Crippen LogP contribution in [0.4, 0.5) is 0 Å². The fraction of sp³-hybridized carbons (Fsp3) is 0.792. The molecule has 160 valence electrons. The van der Waals surface area contributed by atoms with Crippen molar-refractivity contribution in [2.45, 2.75) is 96.2 Å². The predicted octanol–water partition coefficient (Wildman–Crippen LogP) is 6.63. The Morgan fingerprint density at radius 1 is 0.964 bits per heavy atom. The van der Waals surface area contributed by atoms with E-state index in [0.29, 0.717) is 18.1 Å². The summed E-state index contributed by atoms with van der Waals surface area (Å²) in [6.07, 6.45) is 23.3. The third kappa shape index (κ3) is 8.73. The standard InChI is InChI=1S/C24H40O3S/c1-2-3-4-5-6-9-12-18-28-19-17-21-20(22-15-16-23(21)27-22)13-10-7-8-11-14-24(25)26/h5-7,10,20-23H,2-4,8-9,11-19H2,1H3,(H,25,26)/b6-5?,10-7-/t20-,21+,22-,23+/m1/s1. The molecule has 0 aromatic rings. The average Bonchev–Trinajstić information content (AvgIpc) is 3.28. The highest BCUT2D eigenvalue weighted by atomic mass is 32.2. The second-order valence-corrected chi connectivity index (χ2v) is 9.49. The Morgan fingerprint density at radius 2 is 1.64 bits per heavy atom. The maximum Gasteiger partial charge on any atom is 0.303 e. The minimum Gasteiger partial charge on any atom is -0.481 e. The van der Waals surface area contributed by atoms with Gasteiger partial charge < -0.3 is 9.84 Å². The summed E-state index contributed by atoms with van der Waals surface area (Å²) < 4.78 is 6.22. The Hall–Kier alpha value is -0.740. The number of carboxylic acids is 1. The van der Waals surface area contributed by atoms with Gasteiger partial charge in [0.1, 0.15) is 0 Å². The van der Waals surface area contributed by atoms with E-state index < -0.39 is 5.97 Å². The van der Waals surface area contributed by atoms with E-state index in [4.69, 9.17) is 9.84 Å². The normalized spacial score (nSPS) is 26.8. The molecule has 2 heterocycles. The van der Waals surface area contributed by atoms with Crippen molar-refractivity contribution in [3.05, 3.63) is 24.3 Å². The lowest BCUT2D eigenvalue weighted by Gasteiger charge is -2.27. The summed E-state index contributed by atoms with van der Waals surface area (Å²) in [6, 6.07) is 0.